The van der Waals surface area contributed by atoms with Gasteiger partial charge in [-0.15, -0.1) is 0 Å². The Kier molecular flexibility index (Phi) is 4.20. The van der Waals surface area contributed by atoms with Crippen molar-refractivity contribution in [1.82, 2.24) is 4.98 Å². The highest BCUT2D eigenvalue weighted by molar-refractivity contribution is 9.10. The number of aryl methyl sites for hydroxylation is 1. The largest absolute Gasteiger partial charge is 0.496 e. The number of nitrogens with zero attached hydrogens (tertiary/aromatic N) is 1. The van der Waals surface area contributed by atoms with Gasteiger partial charge in [-0.1, -0.05) is 17.7 Å². The molecule has 1 aromatic heterocycles. The summed E-state index contributed by atoms with van der Waals surface area (Å²) in [6, 6.07) is 8.15. The summed E-state index contributed by atoms with van der Waals surface area (Å²) in [6.45, 7) is 2.78. The topological polar surface area (TPSA) is 34.1 Å². The van der Waals surface area contributed by atoms with E-state index in [0.717, 1.165) is 21.5 Å². The molecule has 0 amide bonds. The molecule has 1 heterocycles. The molecule has 0 bridgehead atoms. The van der Waals surface area contributed by atoms with Gasteiger partial charge < -0.3 is 10.1 Å². The third kappa shape index (κ3) is 3.23. The van der Waals surface area contributed by atoms with Crippen molar-refractivity contribution in [3.05, 3.63) is 52.3 Å². The van der Waals surface area contributed by atoms with E-state index in [9.17, 15) is 0 Å². The van der Waals surface area contributed by atoms with Gasteiger partial charge in [-0.2, -0.15) is 0 Å². The molecule has 2 rings (SSSR count). The molecule has 2 aromatic rings. The highest BCUT2D eigenvalue weighted by Gasteiger charge is 2.03. The van der Waals surface area contributed by atoms with Crippen LogP contribution in [0.1, 0.15) is 11.1 Å². The van der Waals surface area contributed by atoms with Gasteiger partial charge in [0.15, 0.2) is 0 Å². The second-order valence-corrected chi connectivity index (χ2v) is 4.98. The Morgan fingerprint density at radius 3 is 2.83 bits per heavy atom. The number of methoxy groups -OCH3 is 1. The van der Waals surface area contributed by atoms with Gasteiger partial charge in [0.1, 0.15) is 5.75 Å². The van der Waals surface area contributed by atoms with Crippen molar-refractivity contribution in [3.63, 3.8) is 0 Å². The van der Waals surface area contributed by atoms with Crippen molar-refractivity contribution in [1.29, 1.82) is 0 Å². The quantitative estimate of drug-likeness (QED) is 0.933. The summed E-state index contributed by atoms with van der Waals surface area (Å²) < 4.78 is 6.31. The van der Waals surface area contributed by atoms with Crippen molar-refractivity contribution in [2.75, 3.05) is 12.4 Å². The molecule has 1 aromatic carbocycles. The molecule has 3 nitrogen and oxygen atoms in total. The number of hydrogen-bond donors (Lipinski definition) is 1. The van der Waals surface area contributed by atoms with Crippen molar-refractivity contribution < 1.29 is 4.74 Å². The molecule has 0 atom stereocenters. The van der Waals surface area contributed by atoms with Gasteiger partial charge in [0.2, 0.25) is 0 Å². The van der Waals surface area contributed by atoms with Crippen LogP contribution in [0.3, 0.4) is 0 Å². The highest BCUT2D eigenvalue weighted by atomic mass is 79.9. The monoisotopic (exact) mass is 306 g/mol. The zero-order chi connectivity index (χ0) is 13.0. The van der Waals surface area contributed by atoms with Crippen molar-refractivity contribution in [2.45, 2.75) is 13.5 Å². The predicted octanol–water partition coefficient (Wildman–Crippen LogP) is 3.77. The molecule has 0 aliphatic heterocycles. The van der Waals surface area contributed by atoms with Crippen molar-refractivity contribution >= 4 is 21.6 Å². The molecule has 0 saturated carbocycles. The first-order chi connectivity index (χ1) is 8.69. The SMILES string of the molecule is COc1ccc(C)cc1CNc1cncc(Br)c1. The van der Waals surface area contributed by atoms with E-state index in [1.165, 1.54) is 5.56 Å². The van der Waals surface area contributed by atoms with Gasteiger partial charge in [0.05, 0.1) is 19.0 Å². The van der Waals surface area contributed by atoms with E-state index in [1.807, 2.05) is 18.2 Å². The molecular formula is C14H15BrN2O. The van der Waals surface area contributed by atoms with Crippen molar-refractivity contribution in [2.24, 2.45) is 0 Å². The number of rotatable bonds is 4. The van der Waals surface area contributed by atoms with Crippen LogP contribution in [0.25, 0.3) is 0 Å². The maximum Gasteiger partial charge on any atom is 0.123 e. The molecule has 0 aliphatic carbocycles. The number of hydrogen-bond acceptors (Lipinski definition) is 3. The van der Waals surface area contributed by atoms with E-state index in [1.54, 1.807) is 19.5 Å². The third-order valence-electron chi connectivity index (χ3n) is 2.62. The molecule has 18 heavy (non-hydrogen) atoms. The van der Waals surface area contributed by atoms with Gasteiger partial charge in [-0.25, -0.2) is 0 Å². The summed E-state index contributed by atoms with van der Waals surface area (Å²) in [6.07, 6.45) is 3.56. The Bertz CT molecular complexity index is 543. The normalized spacial score (nSPS) is 10.2. The van der Waals surface area contributed by atoms with E-state index in [0.29, 0.717) is 6.54 Å². The zero-order valence-electron chi connectivity index (χ0n) is 10.4. The van der Waals surface area contributed by atoms with E-state index in [2.05, 4.69) is 39.2 Å². The fourth-order valence-corrected chi connectivity index (χ4v) is 2.12. The summed E-state index contributed by atoms with van der Waals surface area (Å²) >= 11 is 3.40. The smallest absolute Gasteiger partial charge is 0.123 e. The summed E-state index contributed by atoms with van der Waals surface area (Å²) in [5, 5.41) is 3.33. The van der Waals surface area contributed by atoms with E-state index in [-0.39, 0.29) is 0 Å². The Hall–Kier alpha value is -1.55. The minimum Gasteiger partial charge on any atom is -0.496 e. The van der Waals surface area contributed by atoms with Crippen LogP contribution in [-0.2, 0) is 6.54 Å². The van der Waals surface area contributed by atoms with Crippen LogP contribution < -0.4 is 10.1 Å². The average Bonchev–Trinajstić information content (AvgIpc) is 2.37. The molecule has 1 N–H and O–H groups in total. The Labute approximate surface area is 115 Å². The maximum atomic E-state index is 5.35. The molecule has 94 valence electrons. The van der Waals surface area contributed by atoms with E-state index >= 15 is 0 Å². The minimum atomic E-state index is 0.711. The van der Waals surface area contributed by atoms with Gasteiger partial charge in [-0.05, 0) is 35.0 Å². The van der Waals surface area contributed by atoms with Crippen LogP contribution in [0.15, 0.2) is 41.1 Å². The van der Waals surface area contributed by atoms with E-state index in [4.69, 9.17) is 4.74 Å². The summed E-state index contributed by atoms with van der Waals surface area (Å²) in [5.74, 6) is 0.899. The van der Waals surface area contributed by atoms with Crippen LogP contribution in [0.4, 0.5) is 5.69 Å². The number of anilines is 1. The fraction of sp³-hybridized carbons (Fsp3) is 0.214. The van der Waals surface area contributed by atoms with Gasteiger partial charge >= 0.3 is 0 Å². The molecule has 4 heteroatoms. The molecule has 0 unspecified atom stereocenters. The lowest BCUT2D eigenvalue weighted by Crippen LogP contribution is -2.02. The first-order valence-corrected chi connectivity index (χ1v) is 6.46. The first kappa shape index (κ1) is 12.9. The number of ether oxygens (including phenoxy) is 1. The lowest BCUT2D eigenvalue weighted by molar-refractivity contribution is 0.410. The third-order valence-corrected chi connectivity index (χ3v) is 3.06. The Morgan fingerprint density at radius 1 is 1.28 bits per heavy atom. The predicted molar refractivity (Wildman–Crippen MR) is 77.0 cm³/mol. The molecule has 0 aliphatic rings. The lowest BCUT2D eigenvalue weighted by atomic mass is 10.1. The average molecular weight is 307 g/mol. The molecule has 0 spiro atoms. The van der Waals surface area contributed by atoms with Gasteiger partial charge in [-0.3, -0.25) is 4.98 Å². The second kappa shape index (κ2) is 5.87. The van der Waals surface area contributed by atoms with Gasteiger partial charge in [0.25, 0.3) is 0 Å². The van der Waals surface area contributed by atoms with Gasteiger partial charge in [0, 0.05) is 22.8 Å². The van der Waals surface area contributed by atoms with Crippen LogP contribution >= 0.6 is 15.9 Å². The molecule has 0 fully saturated rings. The number of halogens is 1. The summed E-state index contributed by atoms with van der Waals surface area (Å²) in [5.41, 5.74) is 3.34. The van der Waals surface area contributed by atoms with Crippen LogP contribution in [0, 0.1) is 6.92 Å². The minimum absolute atomic E-state index is 0.711. The standard InChI is InChI=1S/C14H15BrN2O/c1-10-3-4-14(18-2)11(5-10)7-17-13-6-12(15)8-16-9-13/h3-6,8-9,17H,7H2,1-2H3. The molecule has 0 saturated heterocycles. The second-order valence-electron chi connectivity index (χ2n) is 4.06. The van der Waals surface area contributed by atoms with Crippen LogP contribution in [-0.4, -0.2) is 12.1 Å². The molecular weight excluding hydrogens is 292 g/mol. The number of benzene rings is 1. The summed E-state index contributed by atoms with van der Waals surface area (Å²) in [4.78, 5) is 4.12. The zero-order valence-corrected chi connectivity index (χ0v) is 12.0. The van der Waals surface area contributed by atoms with Crippen LogP contribution in [0.5, 0.6) is 5.75 Å². The highest BCUT2D eigenvalue weighted by Crippen LogP contribution is 2.21. The molecule has 0 radical (unpaired) electrons. The Balaban J connectivity index is 2.12. The van der Waals surface area contributed by atoms with Crippen LogP contribution in [0.2, 0.25) is 0 Å². The number of pyridine rings is 1. The maximum absolute atomic E-state index is 5.35. The lowest BCUT2D eigenvalue weighted by Gasteiger charge is -2.11. The fourth-order valence-electron chi connectivity index (χ4n) is 1.75. The Morgan fingerprint density at radius 2 is 2.11 bits per heavy atom. The van der Waals surface area contributed by atoms with E-state index < -0.39 is 0 Å². The first-order valence-electron chi connectivity index (χ1n) is 5.67. The number of nitrogens with one attached hydrogen (secondary N) is 1. The van der Waals surface area contributed by atoms with Crippen molar-refractivity contribution in [3.8, 4) is 5.75 Å². The summed E-state index contributed by atoms with van der Waals surface area (Å²) in [7, 11) is 1.69. The number of aromatic nitrogens is 1.